The summed E-state index contributed by atoms with van der Waals surface area (Å²) in [5.41, 5.74) is 3.13. The van der Waals surface area contributed by atoms with Gasteiger partial charge in [-0.05, 0) is 80.4 Å². The van der Waals surface area contributed by atoms with E-state index in [-0.39, 0.29) is 0 Å². The maximum absolute atomic E-state index is 5.24. The van der Waals surface area contributed by atoms with Gasteiger partial charge in [-0.15, -0.1) is 0 Å². The van der Waals surface area contributed by atoms with Crippen LogP contribution in [-0.4, -0.2) is 7.11 Å². The van der Waals surface area contributed by atoms with E-state index >= 15 is 0 Å². The minimum absolute atomic E-state index is 0.955. The van der Waals surface area contributed by atoms with Crippen LogP contribution in [0.3, 0.4) is 0 Å². The monoisotopic (exact) mass is 326 g/mol. The predicted molar refractivity (Wildman–Crippen MR) is 102 cm³/mol. The largest absolute Gasteiger partial charge is 0.497 e. The average molecular weight is 327 g/mol. The van der Waals surface area contributed by atoms with Gasteiger partial charge in [0.15, 0.2) is 0 Å². The van der Waals surface area contributed by atoms with Crippen molar-refractivity contribution in [2.75, 3.05) is 7.11 Å². The Morgan fingerprint density at radius 2 is 1.67 bits per heavy atom. The molecule has 132 valence electrons. The Hall–Kier alpha value is -1.24. The summed E-state index contributed by atoms with van der Waals surface area (Å²) in [6, 6.07) is 8.56. The van der Waals surface area contributed by atoms with Crippen molar-refractivity contribution in [2.45, 2.75) is 71.1 Å². The fraction of sp³-hybridized carbons (Fsp3) is 0.652. The Balaban J connectivity index is 1.43. The topological polar surface area (TPSA) is 9.23 Å². The van der Waals surface area contributed by atoms with E-state index in [0.29, 0.717) is 0 Å². The molecule has 2 aliphatic rings. The summed E-state index contributed by atoms with van der Waals surface area (Å²) in [5, 5.41) is 0. The van der Waals surface area contributed by atoms with Crippen LogP contribution in [0.2, 0.25) is 0 Å². The zero-order chi connectivity index (χ0) is 16.8. The van der Waals surface area contributed by atoms with Crippen LogP contribution >= 0.6 is 0 Å². The van der Waals surface area contributed by atoms with Gasteiger partial charge in [-0.1, -0.05) is 50.0 Å². The van der Waals surface area contributed by atoms with Gasteiger partial charge in [-0.25, -0.2) is 0 Å². The standard InChI is InChI=1S/C23H34O/c1-3-18-6-12-21(13-7-18)22-14-8-19(9-15-22)4-5-20-10-16-23(24-2)17-11-20/h8,10-11,16-18,21-22H,3-7,9,12-15H2,1-2H3/t18-,21-,22?. The first-order valence-electron chi connectivity index (χ1n) is 10.1. The highest BCUT2D eigenvalue weighted by molar-refractivity contribution is 5.27. The summed E-state index contributed by atoms with van der Waals surface area (Å²) < 4.78 is 5.24. The maximum atomic E-state index is 5.24. The van der Waals surface area contributed by atoms with Gasteiger partial charge in [0.2, 0.25) is 0 Å². The first-order chi connectivity index (χ1) is 11.8. The Labute approximate surface area is 148 Å². The molecule has 1 aromatic rings. The SMILES string of the molecule is CC[C@H]1CC[C@H](C2CC=C(CCc3ccc(OC)cc3)CC2)CC1. The molecular formula is C23H34O. The third-order valence-electron chi connectivity index (χ3n) is 6.57. The van der Waals surface area contributed by atoms with Crippen molar-refractivity contribution >= 4 is 0 Å². The van der Waals surface area contributed by atoms with E-state index in [1.807, 2.05) is 0 Å². The fourth-order valence-corrected chi connectivity index (χ4v) is 4.73. The first kappa shape index (κ1) is 17.6. The van der Waals surface area contributed by atoms with Crippen molar-refractivity contribution in [3.63, 3.8) is 0 Å². The summed E-state index contributed by atoms with van der Waals surface area (Å²) >= 11 is 0. The van der Waals surface area contributed by atoms with Crippen LogP contribution in [0.4, 0.5) is 0 Å². The molecule has 0 radical (unpaired) electrons. The van der Waals surface area contributed by atoms with E-state index in [9.17, 15) is 0 Å². The molecule has 0 amide bonds. The number of rotatable bonds is 6. The molecule has 1 saturated carbocycles. The number of hydrogen-bond donors (Lipinski definition) is 0. The molecule has 1 heteroatoms. The van der Waals surface area contributed by atoms with Crippen molar-refractivity contribution in [1.82, 2.24) is 0 Å². The lowest BCUT2D eigenvalue weighted by Crippen LogP contribution is -2.23. The van der Waals surface area contributed by atoms with E-state index in [1.165, 1.54) is 69.8 Å². The Bertz CT molecular complexity index is 519. The predicted octanol–water partition coefficient (Wildman–Crippen LogP) is 6.57. The number of methoxy groups -OCH3 is 1. The van der Waals surface area contributed by atoms with Gasteiger partial charge in [-0.3, -0.25) is 0 Å². The van der Waals surface area contributed by atoms with E-state index in [0.717, 1.165) is 23.5 Å². The Morgan fingerprint density at radius 1 is 0.917 bits per heavy atom. The molecule has 0 aliphatic heterocycles. The maximum Gasteiger partial charge on any atom is 0.118 e. The molecule has 1 fully saturated rings. The molecule has 1 nitrogen and oxygen atoms in total. The molecule has 2 aliphatic carbocycles. The van der Waals surface area contributed by atoms with Crippen molar-refractivity contribution in [3.05, 3.63) is 41.5 Å². The molecule has 24 heavy (non-hydrogen) atoms. The van der Waals surface area contributed by atoms with Crippen molar-refractivity contribution in [1.29, 1.82) is 0 Å². The first-order valence-corrected chi connectivity index (χ1v) is 10.1. The molecule has 0 bridgehead atoms. The normalized spacial score (nSPS) is 27.6. The summed E-state index contributed by atoms with van der Waals surface area (Å²) in [7, 11) is 1.73. The number of hydrogen-bond acceptors (Lipinski definition) is 1. The molecule has 3 rings (SSSR count). The minimum atomic E-state index is 0.955. The van der Waals surface area contributed by atoms with Gasteiger partial charge in [0.05, 0.1) is 7.11 Å². The Kier molecular flexibility index (Phi) is 6.40. The highest BCUT2D eigenvalue weighted by atomic mass is 16.5. The summed E-state index contributed by atoms with van der Waals surface area (Å²) in [4.78, 5) is 0. The zero-order valence-corrected chi connectivity index (χ0v) is 15.6. The summed E-state index contributed by atoms with van der Waals surface area (Å²) in [5.74, 6) is 3.98. The van der Waals surface area contributed by atoms with Crippen LogP contribution in [-0.2, 0) is 6.42 Å². The van der Waals surface area contributed by atoms with Gasteiger partial charge in [-0.2, -0.15) is 0 Å². The quantitative estimate of drug-likeness (QED) is 0.537. The smallest absolute Gasteiger partial charge is 0.118 e. The highest BCUT2D eigenvalue weighted by Gasteiger charge is 2.27. The van der Waals surface area contributed by atoms with Crippen molar-refractivity contribution < 1.29 is 4.74 Å². The van der Waals surface area contributed by atoms with Crippen molar-refractivity contribution in [2.24, 2.45) is 17.8 Å². The average Bonchev–Trinajstić information content (AvgIpc) is 2.67. The molecule has 0 N–H and O–H groups in total. The molecule has 1 atom stereocenters. The second-order valence-electron chi connectivity index (χ2n) is 7.93. The number of benzene rings is 1. The lowest BCUT2D eigenvalue weighted by molar-refractivity contribution is 0.189. The van der Waals surface area contributed by atoms with Crippen LogP contribution in [0.1, 0.15) is 70.3 Å². The summed E-state index contributed by atoms with van der Waals surface area (Å²) in [6.45, 7) is 2.36. The highest BCUT2D eigenvalue weighted by Crippen LogP contribution is 2.40. The van der Waals surface area contributed by atoms with E-state index in [1.54, 1.807) is 12.7 Å². The lowest BCUT2D eigenvalue weighted by atomic mass is 9.71. The minimum Gasteiger partial charge on any atom is -0.497 e. The molecular weight excluding hydrogens is 292 g/mol. The number of allylic oxidation sites excluding steroid dienone is 2. The van der Waals surface area contributed by atoms with Gasteiger partial charge >= 0.3 is 0 Å². The van der Waals surface area contributed by atoms with Crippen LogP contribution in [0, 0.1) is 17.8 Å². The number of aryl methyl sites for hydroxylation is 1. The van der Waals surface area contributed by atoms with Gasteiger partial charge in [0, 0.05) is 0 Å². The second-order valence-corrected chi connectivity index (χ2v) is 7.93. The van der Waals surface area contributed by atoms with Crippen LogP contribution in [0.25, 0.3) is 0 Å². The van der Waals surface area contributed by atoms with E-state index in [2.05, 4.69) is 37.3 Å². The van der Waals surface area contributed by atoms with E-state index < -0.39 is 0 Å². The third-order valence-corrected chi connectivity index (χ3v) is 6.57. The van der Waals surface area contributed by atoms with Crippen LogP contribution in [0.15, 0.2) is 35.9 Å². The van der Waals surface area contributed by atoms with Crippen LogP contribution in [0.5, 0.6) is 5.75 Å². The number of ether oxygens (including phenoxy) is 1. The van der Waals surface area contributed by atoms with Crippen LogP contribution < -0.4 is 4.74 Å². The molecule has 1 aromatic carbocycles. The Morgan fingerprint density at radius 3 is 2.25 bits per heavy atom. The van der Waals surface area contributed by atoms with Gasteiger partial charge in [0.1, 0.15) is 5.75 Å². The molecule has 1 unspecified atom stereocenters. The van der Waals surface area contributed by atoms with Gasteiger partial charge < -0.3 is 4.74 Å². The third kappa shape index (κ3) is 4.65. The second kappa shape index (κ2) is 8.74. The zero-order valence-electron chi connectivity index (χ0n) is 15.6. The molecule has 0 heterocycles. The summed E-state index contributed by atoms with van der Waals surface area (Å²) in [6.07, 6.45) is 16.5. The van der Waals surface area contributed by atoms with E-state index in [4.69, 9.17) is 4.74 Å². The van der Waals surface area contributed by atoms with Crippen molar-refractivity contribution in [3.8, 4) is 5.75 Å². The fourth-order valence-electron chi connectivity index (χ4n) is 4.73. The molecule has 0 spiro atoms. The molecule has 0 saturated heterocycles. The van der Waals surface area contributed by atoms with Gasteiger partial charge in [0.25, 0.3) is 0 Å². The molecule has 0 aromatic heterocycles. The lowest BCUT2D eigenvalue weighted by Gasteiger charge is -2.35.